The molecule has 1 heterocycles. The van der Waals surface area contributed by atoms with E-state index < -0.39 is 0 Å². The Bertz CT molecular complexity index is 365. The van der Waals surface area contributed by atoms with E-state index in [9.17, 15) is 0 Å². The maximum atomic E-state index is 4.47. The highest BCUT2D eigenvalue weighted by atomic mass is 15.0. The summed E-state index contributed by atoms with van der Waals surface area (Å²) >= 11 is 0. The van der Waals surface area contributed by atoms with Gasteiger partial charge in [-0.15, -0.1) is 0 Å². The lowest BCUT2D eigenvalue weighted by atomic mass is 10.0. The van der Waals surface area contributed by atoms with Crippen molar-refractivity contribution in [2.45, 2.75) is 59.5 Å². The Kier molecular flexibility index (Phi) is 6.29. The lowest BCUT2D eigenvalue weighted by molar-refractivity contribution is 0.424. The molecule has 0 amide bonds. The van der Waals surface area contributed by atoms with E-state index in [1.165, 1.54) is 18.4 Å². The second kappa shape index (κ2) is 7.49. The first-order chi connectivity index (χ1) is 8.96. The molecule has 1 rings (SSSR count). The van der Waals surface area contributed by atoms with Crippen molar-refractivity contribution in [3.63, 3.8) is 0 Å². The van der Waals surface area contributed by atoms with Crippen LogP contribution >= 0.6 is 0 Å². The van der Waals surface area contributed by atoms with E-state index in [-0.39, 0.29) is 5.54 Å². The Balaban J connectivity index is 2.62. The van der Waals surface area contributed by atoms with Crippen molar-refractivity contribution in [1.29, 1.82) is 0 Å². The molecule has 0 bridgehead atoms. The summed E-state index contributed by atoms with van der Waals surface area (Å²) in [7, 11) is 0. The number of nitrogens with zero attached hydrogens (tertiary/aromatic N) is 1. The van der Waals surface area contributed by atoms with E-state index in [2.05, 4.69) is 56.3 Å². The number of anilines is 1. The average molecular weight is 263 g/mol. The van der Waals surface area contributed by atoms with Gasteiger partial charge < -0.3 is 10.6 Å². The molecule has 0 aliphatic carbocycles. The molecule has 0 fully saturated rings. The molecule has 108 valence electrons. The van der Waals surface area contributed by atoms with Crippen LogP contribution in [0, 0.1) is 5.92 Å². The monoisotopic (exact) mass is 263 g/mol. The fourth-order valence-electron chi connectivity index (χ4n) is 1.92. The predicted octanol–water partition coefficient (Wildman–Crippen LogP) is 3.82. The van der Waals surface area contributed by atoms with E-state index in [1.807, 2.05) is 12.3 Å². The Morgan fingerprint density at radius 3 is 2.47 bits per heavy atom. The first-order valence-corrected chi connectivity index (χ1v) is 7.39. The van der Waals surface area contributed by atoms with Gasteiger partial charge in [0, 0.05) is 30.4 Å². The van der Waals surface area contributed by atoms with Crippen LogP contribution in [0.3, 0.4) is 0 Å². The molecule has 0 unspecified atom stereocenters. The summed E-state index contributed by atoms with van der Waals surface area (Å²) in [5.74, 6) is 1.75. The molecule has 3 nitrogen and oxygen atoms in total. The van der Waals surface area contributed by atoms with Gasteiger partial charge in [0.1, 0.15) is 5.82 Å². The third-order valence-electron chi connectivity index (χ3n) is 3.41. The zero-order valence-electron chi connectivity index (χ0n) is 13.1. The molecule has 0 atom stereocenters. The van der Waals surface area contributed by atoms with Crippen LogP contribution in [-0.4, -0.2) is 17.1 Å². The van der Waals surface area contributed by atoms with Gasteiger partial charge in [-0.05, 0) is 32.8 Å². The van der Waals surface area contributed by atoms with Crippen molar-refractivity contribution in [2.24, 2.45) is 5.92 Å². The molecule has 0 aliphatic heterocycles. The number of aromatic nitrogens is 1. The smallest absolute Gasteiger partial charge is 0.130 e. The van der Waals surface area contributed by atoms with Crippen LogP contribution in [-0.2, 0) is 6.54 Å². The van der Waals surface area contributed by atoms with E-state index in [1.54, 1.807) is 0 Å². The molecule has 0 aromatic carbocycles. The minimum absolute atomic E-state index is 0.127. The summed E-state index contributed by atoms with van der Waals surface area (Å²) < 4.78 is 0. The van der Waals surface area contributed by atoms with Crippen LogP contribution in [0.4, 0.5) is 5.82 Å². The van der Waals surface area contributed by atoms with Gasteiger partial charge in [-0.2, -0.15) is 0 Å². The molecule has 3 heteroatoms. The maximum Gasteiger partial charge on any atom is 0.130 e. The van der Waals surface area contributed by atoms with Crippen LogP contribution in [0.1, 0.15) is 53.0 Å². The van der Waals surface area contributed by atoms with Crippen LogP contribution in [0.2, 0.25) is 0 Å². The first kappa shape index (κ1) is 16.0. The zero-order valence-corrected chi connectivity index (χ0v) is 13.1. The van der Waals surface area contributed by atoms with Crippen molar-refractivity contribution in [1.82, 2.24) is 10.3 Å². The molecule has 1 aromatic rings. The SMILES string of the molecule is CCC(CC)CNc1ncccc1CNC(C)(C)C. The molecule has 1 aromatic heterocycles. The fraction of sp³-hybridized carbons (Fsp3) is 0.688. The average Bonchev–Trinajstić information content (AvgIpc) is 2.38. The highest BCUT2D eigenvalue weighted by Gasteiger charge is 2.11. The van der Waals surface area contributed by atoms with Gasteiger partial charge in [-0.3, -0.25) is 0 Å². The Morgan fingerprint density at radius 1 is 1.21 bits per heavy atom. The van der Waals surface area contributed by atoms with E-state index in [0.29, 0.717) is 0 Å². The summed E-state index contributed by atoms with van der Waals surface area (Å²) in [5.41, 5.74) is 1.37. The molecule has 0 saturated heterocycles. The summed E-state index contributed by atoms with van der Waals surface area (Å²) in [5, 5.41) is 7.01. The number of hydrogen-bond acceptors (Lipinski definition) is 3. The lowest BCUT2D eigenvalue weighted by Crippen LogP contribution is -2.35. The van der Waals surface area contributed by atoms with Gasteiger partial charge in [0.05, 0.1) is 0 Å². The van der Waals surface area contributed by atoms with E-state index in [4.69, 9.17) is 0 Å². The molecule has 2 N–H and O–H groups in total. The minimum Gasteiger partial charge on any atom is -0.370 e. The molecule has 0 radical (unpaired) electrons. The lowest BCUT2D eigenvalue weighted by Gasteiger charge is -2.22. The second-order valence-corrected chi connectivity index (χ2v) is 6.18. The van der Waals surface area contributed by atoms with Gasteiger partial charge in [0.15, 0.2) is 0 Å². The molecular formula is C16H29N3. The summed E-state index contributed by atoms with van der Waals surface area (Å²) in [6.45, 7) is 12.9. The minimum atomic E-state index is 0.127. The standard InChI is InChI=1S/C16H29N3/c1-6-13(7-2)11-18-15-14(9-8-10-17-15)12-19-16(3,4)5/h8-10,13,19H,6-7,11-12H2,1-5H3,(H,17,18). The second-order valence-electron chi connectivity index (χ2n) is 6.18. The van der Waals surface area contributed by atoms with Crippen LogP contribution < -0.4 is 10.6 Å². The summed E-state index contributed by atoms with van der Waals surface area (Å²) in [6, 6.07) is 4.14. The zero-order chi connectivity index (χ0) is 14.3. The van der Waals surface area contributed by atoms with Gasteiger partial charge >= 0.3 is 0 Å². The topological polar surface area (TPSA) is 37.0 Å². The van der Waals surface area contributed by atoms with Crippen LogP contribution in [0.25, 0.3) is 0 Å². The highest BCUT2D eigenvalue weighted by Crippen LogP contribution is 2.15. The van der Waals surface area contributed by atoms with Crippen LogP contribution in [0.15, 0.2) is 18.3 Å². The normalized spacial score (nSPS) is 11.9. The Hall–Kier alpha value is -1.09. The third-order valence-corrected chi connectivity index (χ3v) is 3.41. The molecule has 0 spiro atoms. The molecule has 0 saturated carbocycles. The number of hydrogen-bond donors (Lipinski definition) is 2. The quantitative estimate of drug-likeness (QED) is 0.785. The number of nitrogens with one attached hydrogen (secondary N) is 2. The van der Waals surface area contributed by atoms with E-state index >= 15 is 0 Å². The van der Waals surface area contributed by atoms with Crippen molar-refractivity contribution in [2.75, 3.05) is 11.9 Å². The third kappa shape index (κ3) is 6.06. The molecule has 19 heavy (non-hydrogen) atoms. The Morgan fingerprint density at radius 2 is 1.89 bits per heavy atom. The fourth-order valence-corrected chi connectivity index (χ4v) is 1.92. The largest absolute Gasteiger partial charge is 0.370 e. The van der Waals surface area contributed by atoms with Gasteiger partial charge in [-0.25, -0.2) is 4.98 Å². The van der Waals surface area contributed by atoms with E-state index in [0.717, 1.165) is 24.8 Å². The van der Waals surface area contributed by atoms with Crippen molar-refractivity contribution in [3.8, 4) is 0 Å². The van der Waals surface area contributed by atoms with Crippen molar-refractivity contribution < 1.29 is 0 Å². The van der Waals surface area contributed by atoms with Crippen molar-refractivity contribution in [3.05, 3.63) is 23.9 Å². The summed E-state index contributed by atoms with van der Waals surface area (Å²) in [6.07, 6.45) is 4.29. The van der Waals surface area contributed by atoms with Gasteiger partial charge in [0.2, 0.25) is 0 Å². The van der Waals surface area contributed by atoms with Crippen LogP contribution in [0.5, 0.6) is 0 Å². The molecule has 0 aliphatic rings. The maximum absolute atomic E-state index is 4.47. The highest BCUT2D eigenvalue weighted by molar-refractivity contribution is 5.43. The Labute approximate surface area is 118 Å². The molecular weight excluding hydrogens is 234 g/mol. The first-order valence-electron chi connectivity index (χ1n) is 7.39. The number of rotatable bonds is 7. The number of pyridine rings is 1. The predicted molar refractivity (Wildman–Crippen MR) is 83.4 cm³/mol. The van der Waals surface area contributed by atoms with Gasteiger partial charge in [0.25, 0.3) is 0 Å². The van der Waals surface area contributed by atoms with Gasteiger partial charge in [-0.1, -0.05) is 32.8 Å². The summed E-state index contributed by atoms with van der Waals surface area (Å²) in [4.78, 5) is 4.47. The van der Waals surface area contributed by atoms with Crippen molar-refractivity contribution >= 4 is 5.82 Å².